The minimum absolute atomic E-state index is 0.537. The fraction of sp³-hybridized carbons (Fsp3) is 0.222. The molecular weight excluding hydrogens is 300 g/mol. The SMILES string of the molecule is ClC=CCOCCCOc1ccc(Oc2ccccc2)cc1. The van der Waals surface area contributed by atoms with Gasteiger partial charge in [0.05, 0.1) is 19.8 Å². The molecule has 22 heavy (non-hydrogen) atoms. The summed E-state index contributed by atoms with van der Waals surface area (Å²) in [6.07, 6.45) is 2.59. The van der Waals surface area contributed by atoms with Crippen LogP contribution in [0.2, 0.25) is 0 Å². The molecule has 0 saturated heterocycles. The van der Waals surface area contributed by atoms with Crippen molar-refractivity contribution in [1.82, 2.24) is 0 Å². The van der Waals surface area contributed by atoms with Gasteiger partial charge in [0.15, 0.2) is 0 Å². The molecule has 2 aromatic rings. The third-order valence-corrected chi connectivity index (χ3v) is 2.99. The first kappa shape index (κ1) is 16.4. The normalized spacial score (nSPS) is 10.8. The maximum Gasteiger partial charge on any atom is 0.127 e. The second-order valence-corrected chi connectivity index (χ2v) is 4.78. The van der Waals surface area contributed by atoms with Crippen LogP contribution in [0.5, 0.6) is 17.2 Å². The molecule has 116 valence electrons. The Morgan fingerprint density at radius 3 is 2.23 bits per heavy atom. The van der Waals surface area contributed by atoms with E-state index in [1.807, 2.05) is 54.6 Å². The monoisotopic (exact) mass is 318 g/mol. The molecule has 2 rings (SSSR count). The Bertz CT molecular complexity index is 552. The lowest BCUT2D eigenvalue weighted by Gasteiger charge is -2.08. The highest BCUT2D eigenvalue weighted by Gasteiger charge is 1.98. The smallest absolute Gasteiger partial charge is 0.127 e. The topological polar surface area (TPSA) is 27.7 Å². The van der Waals surface area contributed by atoms with Crippen LogP contribution >= 0.6 is 11.6 Å². The third kappa shape index (κ3) is 6.20. The average molecular weight is 319 g/mol. The molecule has 2 aromatic carbocycles. The van der Waals surface area contributed by atoms with E-state index in [0.29, 0.717) is 19.8 Å². The Morgan fingerprint density at radius 2 is 1.50 bits per heavy atom. The Kier molecular flexibility index (Phi) is 7.36. The lowest BCUT2D eigenvalue weighted by Crippen LogP contribution is -2.03. The molecule has 0 saturated carbocycles. The predicted molar refractivity (Wildman–Crippen MR) is 88.9 cm³/mol. The number of benzene rings is 2. The predicted octanol–water partition coefficient (Wildman–Crippen LogP) is 5.02. The molecule has 0 atom stereocenters. The molecule has 4 heteroatoms. The minimum atomic E-state index is 0.537. The van der Waals surface area contributed by atoms with Gasteiger partial charge in [-0.05, 0) is 42.5 Å². The van der Waals surface area contributed by atoms with Gasteiger partial charge < -0.3 is 14.2 Å². The minimum Gasteiger partial charge on any atom is -0.494 e. The van der Waals surface area contributed by atoms with Crippen LogP contribution in [0.1, 0.15) is 6.42 Å². The molecule has 0 bridgehead atoms. The Hall–Kier alpha value is -1.97. The molecule has 0 fully saturated rings. The molecule has 0 amide bonds. The van der Waals surface area contributed by atoms with Gasteiger partial charge in [-0.3, -0.25) is 0 Å². The summed E-state index contributed by atoms with van der Waals surface area (Å²) in [5.74, 6) is 2.43. The van der Waals surface area contributed by atoms with Crippen molar-refractivity contribution >= 4 is 11.6 Å². The molecular formula is C18H19ClO3. The molecule has 0 spiro atoms. The Morgan fingerprint density at radius 1 is 0.818 bits per heavy atom. The van der Waals surface area contributed by atoms with Gasteiger partial charge in [0, 0.05) is 12.0 Å². The molecule has 0 heterocycles. The molecule has 0 N–H and O–H groups in total. The first-order valence-electron chi connectivity index (χ1n) is 7.17. The van der Waals surface area contributed by atoms with Gasteiger partial charge in [-0.2, -0.15) is 0 Å². The van der Waals surface area contributed by atoms with Crippen LogP contribution in [0.4, 0.5) is 0 Å². The fourth-order valence-electron chi connectivity index (χ4n) is 1.77. The highest BCUT2D eigenvalue weighted by Crippen LogP contribution is 2.23. The third-order valence-electron chi connectivity index (χ3n) is 2.81. The average Bonchev–Trinajstić information content (AvgIpc) is 2.56. The summed E-state index contributed by atoms with van der Waals surface area (Å²) in [6.45, 7) is 1.80. The van der Waals surface area contributed by atoms with Crippen LogP contribution in [0, 0.1) is 0 Å². The molecule has 0 aliphatic carbocycles. The van der Waals surface area contributed by atoms with E-state index in [2.05, 4.69) is 0 Å². The standard InChI is InChI=1S/C18H19ClO3/c19-12-4-13-20-14-5-15-21-16-8-10-18(11-9-16)22-17-6-2-1-3-7-17/h1-4,6-12H,5,13-15H2. The van der Waals surface area contributed by atoms with E-state index in [0.717, 1.165) is 23.7 Å². The van der Waals surface area contributed by atoms with Crippen molar-refractivity contribution in [3.63, 3.8) is 0 Å². The van der Waals surface area contributed by atoms with Crippen molar-refractivity contribution in [2.75, 3.05) is 19.8 Å². The van der Waals surface area contributed by atoms with E-state index in [9.17, 15) is 0 Å². The first-order chi connectivity index (χ1) is 10.9. The van der Waals surface area contributed by atoms with Crippen molar-refractivity contribution in [3.05, 3.63) is 66.2 Å². The van der Waals surface area contributed by atoms with Crippen molar-refractivity contribution in [2.45, 2.75) is 6.42 Å². The van der Waals surface area contributed by atoms with Gasteiger partial charge in [-0.1, -0.05) is 29.8 Å². The zero-order valence-electron chi connectivity index (χ0n) is 12.3. The first-order valence-corrected chi connectivity index (χ1v) is 7.61. The highest BCUT2D eigenvalue weighted by molar-refractivity contribution is 6.25. The largest absolute Gasteiger partial charge is 0.494 e. The van der Waals surface area contributed by atoms with E-state index in [1.54, 1.807) is 6.08 Å². The molecule has 0 unspecified atom stereocenters. The van der Waals surface area contributed by atoms with Crippen LogP contribution in [0.25, 0.3) is 0 Å². The maximum atomic E-state index is 5.72. The van der Waals surface area contributed by atoms with Gasteiger partial charge in [0.1, 0.15) is 17.2 Å². The quantitative estimate of drug-likeness (QED) is 0.608. The number of ether oxygens (including phenoxy) is 3. The summed E-state index contributed by atoms with van der Waals surface area (Å²) in [5, 5.41) is 0. The van der Waals surface area contributed by atoms with Gasteiger partial charge in [0.25, 0.3) is 0 Å². The van der Waals surface area contributed by atoms with Crippen LogP contribution < -0.4 is 9.47 Å². The van der Waals surface area contributed by atoms with E-state index in [-0.39, 0.29) is 0 Å². The van der Waals surface area contributed by atoms with Crippen LogP contribution in [-0.2, 0) is 4.74 Å². The zero-order valence-corrected chi connectivity index (χ0v) is 13.0. The summed E-state index contributed by atoms with van der Waals surface area (Å²) in [6, 6.07) is 17.3. The second kappa shape index (κ2) is 9.87. The van der Waals surface area contributed by atoms with Crippen molar-refractivity contribution in [3.8, 4) is 17.2 Å². The Labute approximate surface area is 136 Å². The second-order valence-electron chi connectivity index (χ2n) is 4.53. The van der Waals surface area contributed by atoms with Gasteiger partial charge >= 0.3 is 0 Å². The molecule has 0 aliphatic heterocycles. The van der Waals surface area contributed by atoms with E-state index < -0.39 is 0 Å². The van der Waals surface area contributed by atoms with Crippen LogP contribution in [-0.4, -0.2) is 19.8 Å². The molecule has 0 aromatic heterocycles. The summed E-state index contributed by atoms with van der Waals surface area (Å²) in [7, 11) is 0. The van der Waals surface area contributed by atoms with E-state index in [1.165, 1.54) is 5.54 Å². The van der Waals surface area contributed by atoms with Crippen LogP contribution in [0.15, 0.2) is 66.2 Å². The van der Waals surface area contributed by atoms with Crippen molar-refractivity contribution < 1.29 is 14.2 Å². The van der Waals surface area contributed by atoms with Gasteiger partial charge in [-0.25, -0.2) is 0 Å². The number of rotatable bonds is 9. The summed E-state index contributed by atoms with van der Waals surface area (Å²) < 4.78 is 16.7. The Balaban J connectivity index is 1.68. The number of hydrogen-bond donors (Lipinski definition) is 0. The van der Waals surface area contributed by atoms with E-state index in [4.69, 9.17) is 25.8 Å². The van der Waals surface area contributed by atoms with Gasteiger partial charge in [-0.15, -0.1) is 0 Å². The van der Waals surface area contributed by atoms with Crippen LogP contribution in [0.3, 0.4) is 0 Å². The summed E-state index contributed by atoms with van der Waals surface area (Å²) in [5.41, 5.74) is 1.45. The van der Waals surface area contributed by atoms with Crippen molar-refractivity contribution in [2.24, 2.45) is 0 Å². The molecule has 3 nitrogen and oxygen atoms in total. The lowest BCUT2D eigenvalue weighted by molar-refractivity contribution is 0.143. The fourth-order valence-corrected chi connectivity index (χ4v) is 1.84. The number of para-hydroxylation sites is 1. The molecule has 0 aliphatic rings. The van der Waals surface area contributed by atoms with E-state index >= 15 is 0 Å². The molecule has 0 radical (unpaired) electrons. The highest BCUT2D eigenvalue weighted by atomic mass is 35.5. The summed E-state index contributed by atoms with van der Waals surface area (Å²) >= 11 is 5.39. The van der Waals surface area contributed by atoms with Crippen molar-refractivity contribution in [1.29, 1.82) is 0 Å². The lowest BCUT2D eigenvalue weighted by atomic mass is 10.3. The van der Waals surface area contributed by atoms with Gasteiger partial charge in [0.2, 0.25) is 0 Å². The number of halogens is 1. The number of hydrogen-bond acceptors (Lipinski definition) is 3. The zero-order chi connectivity index (χ0) is 15.5. The summed E-state index contributed by atoms with van der Waals surface area (Å²) in [4.78, 5) is 0. The maximum absolute atomic E-state index is 5.72.